The SMILES string of the molecule is Cc1[c-]c(C)c(C)c(Cc2c(C)c(C)c(C)c(C)c2C)c1C.[Y]. The fraction of sp³-hybridized carbons (Fsp3) is 0.455. The van der Waals surface area contributed by atoms with E-state index in [2.05, 4.69) is 68.4 Å². The van der Waals surface area contributed by atoms with Gasteiger partial charge in [-0.3, -0.25) is 0 Å². The molecule has 0 atom stereocenters. The first-order valence-corrected chi connectivity index (χ1v) is 8.21. The average molecular weight is 382 g/mol. The maximum Gasteiger partial charge on any atom is 0 e. The third-order valence-electron chi connectivity index (χ3n) is 5.91. The molecule has 0 aliphatic rings. The van der Waals surface area contributed by atoms with Gasteiger partial charge in [-0.05, 0) is 74.4 Å². The summed E-state index contributed by atoms with van der Waals surface area (Å²) in [4.78, 5) is 0. The molecule has 0 aromatic heterocycles. The van der Waals surface area contributed by atoms with E-state index in [1.165, 1.54) is 61.2 Å². The minimum Gasteiger partial charge on any atom is -0.177 e. The average Bonchev–Trinajstić information content (AvgIpc) is 2.48. The predicted octanol–water partition coefficient (Wildman–Crippen LogP) is 5.85. The monoisotopic (exact) mass is 382 g/mol. The third-order valence-corrected chi connectivity index (χ3v) is 5.91. The van der Waals surface area contributed by atoms with Crippen LogP contribution in [0.4, 0.5) is 0 Å². The van der Waals surface area contributed by atoms with Crippen molar-refractivity contribution in [2.45, 2.75) is 68.7 Å². The van der Waals surface area contributed by atoms with Crippen LogP contribution in [0.1, 0.15) is 61.2 Å². The number of benzene rings is 2. The first-order valence-electron chi connectivity index (χ1n) is 8.21. The second-order valence-corrected chi connectivity index (χ2v) is 6.88. The largest absolute Gasteiger partial charge is 0.177 e. The van der Waals surface area contributed by atoms with Crippen LogP contribution < -0.4 is 0 Å². The Morgan fingerprint density at radius 1 is 0.478 bits per heavy atom. The van der Waals surface area contributed by atoms with Gasteiger partial charge in [-0.15, -0.1) is 5.56 Å². The van der Waals surface area contributed by atoms with Gasteiger partial charge in [0.05, 0.1) is 0 Å². The maximum absolute atomic E-state index is 3.49. The Labute approximate surface area is 168 Å². The summed E-state index contributed by atoms with van der Waals surface area (Å²) < 4.78 is 0. The van der Waals surface area contributed by atoms with Crippen molar-refractivity contribution >= 4 is 0 Å². The number of hydrogen-bond donors (Lipinski definition) is 0. The van der Waals surface area contributed by atoms with Crippen molar-refractivity contribution in [1.82, 2.24) is 0 Å². The van der Waals surface area contributed by atoms with E-state index in [0.717, 1.165) is 6.42 Å². The van der Waals surface area contributed by atoms with Gasteiger partial charge in [0.1, 0.15) is 0 Å². The molecule has 0 bridgehead atoms. The molecule has 0 nitrogen and oxygen atoms in total. The molecule has 0 spiro atoms. The smallest absolute Gasteiger partial charge is 0 e. The molecule has 0 saturated carbocycles. The summed E-state index contributed by atoms with van der Waals surface area (Å²) in [6, 6.07) is 3.49. The van der Waals surface area contributed by atoms with Crippen LogP contribution in [0.15, 0.2) is 0 Å². The third kappa shape index (κ3) is 3.64. The summed E-state index contributed by atoms with van der Waals surface area (Å²) in [6.45, 7) is 20.2. The van der Waals surface area contributed by atoms with Gasteiger partial charge in [-0.1, -0.05) is 27.7 Å². The quantitative estimate of drug-likeness (QED) is 0.572. The van der Waals surface area contributed by atoms with Crippen LogP contribution in [0.2, 0.25) is 0 Å². The Hall–Kier alpha value is -0.456. The first-order chi connectivity index (χ1) is 10.2. The molecule has 2 rings (SSSR count). The molecule has 0 amide bonds. The van der Waals surface area contributed by atoms with E-state index in [9.17, 15) is 0 Å². The molecule has 1 heteroatoms. The summed E-state index contributed by atoms with van der Waals surface area (Å²) in [6.07, 6.45) is 1.04. The van der Waals surface area contributed by atoms with E-state index in [1.807, 2.05) is 0 Å². The number of aryl methyl sites for hydroxylation is 2. The molecule has 1 radical (unpaired) electrons. The molecule has 2 aromatic carbocycles. The molecule has 0 fully saturated rings. The van der Waals surface area contributed by atoms with Crippen molar-refractivity contribution in [2.24, 2.45) is 0 Å². The van der Waals surface area contributed by atoms with Gasteiger partial charge in [-0.2, -0.15) is 28.3 Å². The predicted molar refractivity (Wildman–Crippen MR) is 97.2 cm³/mol. The number of hydrogen-bond acceptors (Lipinski definition) is 0. The van der Waals surface area contributed by atoms with Crippen LogP contribution in [0, 0.1) is 68.4 Å². The maximum atomic E-state index is 3.49. The molecule has 2 aromatic rings. The van der Waals surface area contributed by atoms with E-state index in [4.69, 9.17) is 0 Å². The molecular formula is C22H29Y-. The Kier molecular flexibility index (Phi) is 6.82. The van der Waals surface area contributed by atoms with Gasteiger partial charge < -0.3 is 0 Å². The van der Waals surface area contributed by atoms with Gasteiger partial charge in [0.2, 0.25) is 0 Å². The van der Waals surface area contributed by atoms with E-state index in [-0.39, 0.29) is 32.7 Å². The van der Waals surface area contributed by atoms with Gasteiger partial charge in [0.15, 0.2) is 0 Å². The molecule has 23 heavy (non-hydrogen) atoms. The van der Waals surface area contributed by atoms with Crippen LogP contribution in [-0.4, -0.2) is 0 Å². The fourth-order valence-corrected chi connectivity index (χ4v) is 3.49. The summed E-state index contributed by atoms with van der Waals surface area (Å²) in [5, 5.41) is 0. The Bertz CT molecular complexity index is 696. The molecule has 0 aliphatic carbocycles. The topological polar surface area (TPSA) is 0 Å². The standard InChI is InChI=1S/C22H29.Y/c1-12-10-13(2)15(4)21(14(12)3)11-22-19(8)17(6)16(5)18(7)20(22)9;/h11H2,1-9H3;/q-1;. The van der Waals surface area contributed by atoms with Crippen LogP contribution in [0.3, 0.4) is 0 Å². The van der Waals surface area contributed by atoms with Crippen LogP contribution in [-0.2, 0) is 39.1 Å². The van der Waals surface area contributed by atoms with Crippen molar-refractivity contribution in [2.75, 3.05) is 0 Å². The van der Waals surface area contributed by atoms with Crippen molar-refractivity contribution in [1.29, 1.82) is 0 Å². The van der Waals surface area contributed by atoms with Crippen LogP contribution in [0.5, 0.6) is 0 Å². The summed E-state index contributed by atoms with van der Waals surface area (Å²) in [5.41, 5.74) is 15.6. The minimum absolute atomic E-state index is 0. The van der Waals surface area contributed by atoms with Crippen molar-refractivity contribution in [3.8, 4) is 0 Å². The molecule has 0 unspecified atom stereocenters. The molecule has 0 N–H and O–H groups in total. The van der Waals surface area contributed by atoms with Gasteiger partial charge >= 0.3 is 0 Å². The van der Waals surface area contributed by atoms with Crippen molar-refractivity contribution in [3.63, 3.8) is 0 Å². The van der Waals surface area contributed by atoms with Gasteiger partial charge in [0.25, 0.3) is 0 Å². The van der Waals surface area contributed by atoms with Gasteiger partial charge in [-0.25, -0.2) is 0 Å². The summed E-state index contributed by atoms with van der Waals surface area (Å²) >= 11 is 0. The normalized spacial score (nSPS) is 10.7. The zero-order valence-corrected chi connectivity index (χ0v) is 19.1. The van der Waals surface area contributed by atoms with Crippen molar-refractivity contribution < 1.29 is 32.7 Å². The summed E-state index contributed by atoms with van der Waals surface area (Å²) in [7, 11) is 0. The van der Waals surface area contributed by atoms with E-state index in [1.54, 1.807) is 0 Å². The molecule has 121 valence electrons. The zero-order chi connectivity index (χ0) is 16.8. The second kappa shape index (κ2) is 7.62. The Morgan fingerprint density at radius 3 is 1.17 bits per heavy atom. The van der Waals surface area contributed by atoms with E-state index in [0.29, 0.717) is 0 Å². The van der Waals surface area contributed by atoms with E-state index < -0.39 is 0 Å². The Morgan fingerprint density at radius 2 is 0.783 bits per heavy atom. The van der Waals surface area contributed by atoms with Crippen molar-refractivity contribution in [3.05, 3.63) is 67.3 Å². The summed E-state index contributed by atoms with van der Waals surface area (Å²) in [5.74, 6) is 0. The molecule has 0 heterocycles. The van der Waals surface area contributed by atoms with E-state index >= 15 is 0 Å². The first kappa shape index (κ1) is 20.6. The van der Waals surface area contributed by atoms with Crippen LogP contribution in [0.25, 0.3) is 0 Å². The minimum atomic E-state index is 0. The molecule has 0 saturated heterocycles. The Balaban J connectivity index is 0.00000264. The zero-order valence-electron chi connectivity index (χ0n) is 16.3. The molecule has 0 aliphatic heterocycles. The molecular weight excluding hydrogens is 353 g/mol. The van der Waals surface area contributed by atoms with Crippen LogP contribution >= 0.6 is 0 Å². The number of rotatable bonds is 2. The fourth-order valence-electron chi connectivity index (χ4n) is 3.49. The second-order valence-electron chi connectivity index (χ2n) is 6.88. The van der Waals surface area contributed by atoms with Gasteiger partial charge in [0, 0.05) is 32.7 Å².